The predicted octanol–water partition coefficient (Wildman–Crippen LogP) is 3.74. The van der Waals surface area contributed by atoms with Gasteiger partial charge in [0.15, 0.2) is 0 Å². The first kappa shape index (κ1) is 19.7. The fraction of sp³-hybridized carbons (Fsp3) is 0.950. The lowest BCUT2D eigenvalue weighted by Crippen LogP contribution is -2.63. The second-order valence-electron chi connectivity index (χ2n) is 9.26. The summed E-state index contributed by atoms with van der Waals surface area (Å²) in [7, 11) is 0. The molecule has 0 aromatic heterocycles. The summed E-state index contributed by atoms with van der Waals surface area (Å²) in [6, 6.07) is 0.294. The van der Waals surface area contributed by atoms with Gasteiger partial charge in [-0.2, -0.15) is 0 Å². The topological polar surface area (TPSA) is 41.6 Å². The molecule has 2 rings (SSSR count). The number of amides is 1. The van der Waals surface area contributed by atoms with Crippen LogP contribution in [0, 0.1) is 5.92 Å². The number of nitrogens with one attached hydrogen (secondary N) is 1. The molecule has 140 valence electrons. The quantitative estimate of drug-likeness (QED) is 0.733. The monoisotopic (exact) mass is 338 g/mol. The molecule has 1 amide bonds. The lowest BCUT2D eigenvalue weighted by molar-refractivity contribution is -0.147. The zero-order valence-corrected chi connectivity index (χ0v) is 16.7. The van der Waals surface area contributed by atoms with Crippen molar-refractivity contribution in [2.75, 3.05) is 13.2 Å². The van der Waals surface area contributed by atoms with Crippen molar-refractivity contribution in [1.82, 2.24) is 10.2 Å². The van der Waals surface area contributed by atoms with Crippen molar-refractivity contribution in [3.05, 3.63) is 0 Å². The number of carbonyl (C=O) groups excluding carboxylic acids is 1. The molecule has 1 aliphatic heterocycles. The Balaban J connectivity index is 2.05. The van der Waals surface area contributed by atoms with Gasteiger partial charge in [0.05, 0.1) is 6.61 Å². The van der Waals surface area contributed by atoms with Crippen LogP contribution in [0.3, 0.4) is 0 Å². The van der Waals surface area contributed by atoms with Gasteiger partial charge in [0.25, 0.3) is 5.91 Å². The number of hydrogen-bond acceptors (Lipinski definition) is 3. The molecule has 0 aromatic rings. The molecule has 4 nitrogen and oxygen atoms in total. The molecule has 0 aromatic carbocycles. The normalized spacial score (nSPS) is 24.6. The summed E-state index contributed by atoms with van der Waals surface area (Å²) >= 11 is 0. The van der Waals surface area contributed by atoms with Crippen LogP contribution in [0.15, 0.2) is 0 Å². The van der Waals surface area contributed by atoms with Crippen LogP contribution in [-0.2, 0) is 9.53 Å². The fourth-order valence-electron chi connectivity index (χ4n) is 4.16. The van der Waals surface area contributed by atoms with Crippen molar-refractivity contribution in [1.29, 1.82) is 0 Å². The van der Waals surface area contributed by atoms with Crippen LogP contribution < -0.4 is 5.32 Å². The number of nitrogens with zero attached hydrogens (tertiary/aromatic N) is 1. The molecule has 1 heterocycles. The summed E-state index contributed by atoms with van der Waals surface area (Å²) in [6.45, 7) is 14.7. The van der Waals surface area contributed by atoms with Crippen LogP contribution in [0.5, 0.6) is 0 Å². The number of hydrogen-bond donors (Lipinski definition) is 1. The Labute approximate surface area is 148 Å². The molecule has 1 N–H and O–H groups in total. The first-order chi connectivity index (χ1) is 11.1. The van der Waals surface area contributed by atoms with E-state index >= 15 is 0 Å². The second-order valence-corrected chi connectivity index (χ2v) is 9.26. The first-order valence-electron chi connectivity index (χ1n) is 9.85. The Morgan fingerprint density at radius 3 is 2.29 bits per heavy atom. The second kappa shape index (κ2) is 7.74. The van der Waals surface area contributed by atoms with E-state index in [-0.39, 0.29) is 23.1 Å². The average molecular weight is 339 g/mol. The van der Waals surface area contributed by atoms with Crippen molar-refractivity contribution in [2.24, 2.45) is 5.92 Å². The minimum atomic E-state index is -0.316. The van der Waals surface area contributed by atoms with E-state index in [2.05, 4.69) is 44.8 Å². The summed E-state index contributed by atoms with van der Waals surface area (Å²) in [6.07, 6.45) is 6.38. The number of unbranched alkanes of at least 4 members (excludes halogenated alkanes) is 1. The van der Waals surface area contributed by atoms with E-state index in [1.54, 1.807) is 0 Å². The summed E-state index contributed by atoms with van der Waals surface area (Å²) in [5.74, 6) is 0.878. The summed E-state index contributed by atoms with van der Waals surface area (Å²) < 4.78 is 5.88. The molecule has 0 radical (unpaired) electrons. The minimum Gasteiger partial charge on any atom is -0.368 e. The third-order valence-corrected chi connectivity index (χ3v) is 5.27. The third-order valence-electron chi connectivity index (χ3n) is 5.27. The van der Waals surface area contributed by atoms with Gasteiger partial charge in [0.2, 0.25) is 0 Å². The Morgan fingerprint density at radius 2 is 1.79 bits per heavy atom. The van der Waals surface area contributed by atoms with Crippen LogP contribution in [0.4, 0.5) is 0 Å². The average Bonchev–Trinajstić information content (AvgIpc) is 3.25. The van der Waals surface area contributed by atoms with Gasteiger partial charge in [-0.05, 0) is 72.6 Å². The Morgan fingerprint density at radius 1 is 1.21 bits per heavy atom. The minimum absolute atomic E-state index is 0.0509. The van der Waals surface area contributed by atoms with E-state index < -0.39 is 0 Å². The molecule has 1 saturated heterocycles. The molecule has 2 aliphatic rings. The highest BCUT2D eigenvalue weighted by atomic mass is 16.5. The van der Waals surface area contributed by atoms with E-state index in [1.807, 2.05) is 6.92 Å². The van der Waals surface area contributed by atoms with Crippen LogP contribution in [0.25, 0.3) is 0 Å². The molecule has 1 aliphatic carbocycles. The maximum absolute atomic E-state index is 13.1. The van der Waals surface area contributed by atoms with Crippen LogP contribution in [-0.4, -0.2) is 47.2 Å². The molecule has 0 spiro atoms. The maximum Gasteiger partial charge on any atom is 0.251 e. The van der Waals surface area contributed by atoms with Gasteiger partial charge in [0, 0.05) is 23.7 Å². The van der Waals surface area contributed by atoms with Crippen molar-refractivity contribution in [2.45, 2.75) is 103 Å². The third kappa shape index (κ3) is 5.73. The molecule has 2 fully saturated rings. The standard InChI is InChI=1S/C20H38N2O2/c1-7-8-11-22(18(23)15(2)24-14-16-9-10-16)17-12-19(3,4)21-20(5,6)13-17/h15-17,21H,7-14H2,1-6H3. The number of ether oxygens (including phenoxy) is 1. The van der Waals surface area contributed by atoms with E-state index in [0.29, 0.717) is 12.0 Å². The van der Waals surface area contributed by atoms with Crippen molar-refractivity contribution < 1.29 is 9.53 Å². The molecular weight excluding hydrogens is 300 g/mol. The van der Waals surface area contributed by atoms with Gasteiger partial charge < -0.3 is 15.0 Å². The smallest absolute Gasteiger partial charge is 0.251 e. The van der Waals surface area contributed by atoms with Crippen LogP contribution in [0.1, 0.15) is 80.1 Å². The molecule has 1 unspecified atom stereocenters. The Kier molecular flexibility index (Phi) is 6.35. The van der Waals surface area contributed by atoms with Crippen LogP contribution >= 0.6 is 0 Å². The predicted molar refractivity (Wildman–Crippen MR) is 99.1 cm³/mol. The Bertz CT molecular complexity index is 413. The molecule has 1 atom stereocenters. The molecule has 0 bridgehead atoms. The van der Waals surface area contributed by atoms with Crippen LogP contribution in [0.2, 0.25) is 0 Å². The highest BCUT2D eigenvalue weighted by Gasteiger charge is 2.41. The first-order valence-corrected chi connectivity index (χ1v) is 9.85. The molecule has 24 heavy (non-hydrogen) atoms. The van der Waals surface area contributed by atoms with Crippen molar-refractivity contribution >= 4 is 5.91 Å². The summed E-state index contributed by atoms with van der Waals surface area (Å²) in [5.41, 5.74) is 0.102. The number of carbonyl (C=O) groups is 1. The molecule has 4 heteroatoms. The maximum atomic E-state index is 13.1. The van der Waals surface area contributed by atoms with Gasteiger partial charge >= 0.3 is 0 Å². The zero-order valence-electron chi connectivity index (χ0n) is 16.7. The van der Waals surface area contributed by atoms with Gasteiger partial charge in [-0.3, -0.25) is 4.79 Å². The van der Waals surface area contributed by atoms with E-state index in [1.165, 1.54) is 12.8 Å². The zero-order chi connectivity index (χ0) is 18.0. The lowest BCUT2D eigenvalue weighted by atomic mass is 9.79. The number of piperidine rings is 1. The summed E-state index contributed by atoms with van der Waals surface area (Å²) in [5, 5.41) is 3.72. The number of rotatable bonds is 8. The van der Waals surface area contributed by atoms with Crippen molar-refractivity contribution in [3.63, 3.8) is 0 Å². The molecular formula is C20H38N2O2. The highest BCUT2D eigenvalue weighted by Crippen LogP contribution is 2.33. The van der Waals surface area contributed by atoms with Crippen molar-refractivity contribution in [3.8, 4) is 0 Å². The lowest BCUT2D eigenvalue weighted by Gasteiger charge is -2.50. The highest BCUT2D eigenvalue weighted by molar-refractivity contribution is 5.81. The fourth-order valence-corrected chi connectivity index (χ4v) is 4.16. The Hall–Kier alpha value is -0.610. The summed E-state index contributed by atoms with van der Waals surface area (Å²) in [4.78, 5) is 15.2. The largest absolute Gasteiger partial charge is 0.368 e. The van der Waals surface area contributed by atoms with E-state index in [4.69, 9.17) is 4.74 Å². The van der Waals surface area contributed by atoms with Gasteiger partial charge in [-0.15, -0.1) is 0 Å². The van der Waals surface area contributed by atoms with E-state index in [9.17, 15) is 4.79 Å². The molecule has 1 saturated carbocycles. The van der Waals surface area contributed by atoms with Gasteiger partial charge in [0.1, 0.15) is 6.10 Å². The van der Waals surface area contributed by atoms with Gasteiger partial charge in [-0.25, -0.2) is 0 Å². The van der Waals surface area contributed by atoms with E-state index in [0.717, 1.165) is 38.8 Å². The SMILES string of the molecule is CCCCN(C(=O)C(C)OCC1CC1)C1CC(C)(C)NC(C)(C)C1. The van der Waals surface area contributed by atoms with Gasteiger partial charge in [-0.1, -0.05) is 13.3 Å².